The second-order valence-corrected chi connectivity index (χ2v) is 8.71. The van der Waals surface area contributed by atoms with Crippen LogP contribution in [0.15, 0.2) is 54.6 Å². The SMILES string of the molecule is CCOC(=O)C[C@@H](c1ccc([N+](=O)[O-])cc1)[C@@H](NC(=O)CCCCCNC(=O)OCc1ccccc1)C(N)=O. The predicted molar refractivity (Wildman–Crippen MR) is 141 cm³/mol. The van der Waals surface area contributed by atoms with Crippen LogP contribution in [0, 0.1) is 10.1 Å². The number of hydrogen-bond acceptors (Lipinski definition) is 8. The lowest BCUT2D eigenvalue weighted by Gasteiger charge is -2.25. The van der Waals surface area contributed by atoms with Gasteiger partial charge >= 0.3 is 12.1 Å². The second-order valence-electron chi connectivity index (χ2n) is 8.71. The molecule has 0 spiro atoms. The summed E-state index contributed by atoms with van der Waals surface area (Å²) in [7, 11) is 0. The van der Waals surface area contributed by atoms with Crippen molar-refractivity contribution in [3.63, 3.8) is 0 Å². The van der Waals surface area contributed by atoms with Gasteiger partial charge in [-0.3, -0.25) is 24.5 Å². The normalized spacial score (nSPS) is 12.0. The molecule has 0 aliphatic heterocycles. The highest BCUT2D eigenvalue weighted by Gasteiger charge is 2.32. The molecule has 2 atom stereocenters. The average Bonchev–Trinajstić information content (AvgIpc) is 2.92. The molecule has 0 aliphatic carbocycles. The molecule has 0 unspecified atom stereocenters. The number of nitrogens with one attached hydrogen (secondary N) is 2. The van der Waals surface area contributed by atoms with Gasteiger partial charge in [-0.15, -0.1) is 0 Å². The third-order valence-corrected chi connectivity index (χ3v) is 5.81. The number of carbonyl (C=O) groups is 4. The van der Waals surface area contributed by atoms with Crippen molar-refractivity contribution in [2.45, 2.75) is 57.6 Å². The zero-order chi connectivity index (χ0) is 28.6. The number of nitrogens with two attached hydrogens (primary N) is 1. The molecule has 0 fully saturated rings. The van der Waals surface area contributed by atoms with Gasteiger partial charge in [0.15, 0.2) is 0 Å². The lowest BCUT2D eigenvalue weighted by molar-refractivity contribution is -0.384. The van der Waals surface area contributed by atoms with Crippen LogP contribution in [0.4, 0.5) is 10.5 Å². The number of esters is 1. The number of unbranched alkanes of at least 4 members (excludes halogenated alkanes) is 2. The number of primary amides is 1. The van der Waals surface area contributed by atoms with Crippen LogP contribution in [-0.4, -0.2) is 48.0 Å². The first-order valence-corrected chi connectivity index (χ1v) is 12.6. The maximum Gasteiger partial charge on any atom is 0.407 e. The van der Waals surface area contributed by atoms with E-state index in [1.807, 2.05) is 30.3 Å². The number of amides is 3. The fourth-order valence-corrected chi connectivity index (χ4v) is 3.84. The van der Waals surface area contributed by atoms with Crippen LogP contribution >= 0.6 is 0 Å². The molecule has 3 amide bonds. The van der Waals surface area contributed by atoms with Crippen LogP contribution in [0.25, 0.3) is 0 Å². The van der Waals surface area contributed by atoms with Gasteiger partial charge in [-0.25, -0.2) is 4.79 Å². The van der Waals surface area contributed by atoms with Crippen molar-refractivity contribution in [3.8, 4) is 0 Å². The molecule has 39 heavy (non-hydrogen) atoms. The monoisotopic (exact) mass is 542 g/mol. The number of non-ortho nitro benzene ring substituents is 1. The first kappa shape index (κ1) is 30.7. The highest BCUT2D eigenvalue weighted by Crippen LogP contribution is 2.27. The van der Waals surface area contributed by atoms with Crippen molar-refractivity contribution in [1.29, 1.82) is 0 Å². The summed E-state index contributed by atoms with van der Waals surface area (Å²) in [6, 6.07) is 13.4. The molecule has 12 nitrogen and oxygen atoms in total. The number of alkyl carbamates (subject to hydrolysis) is 1. The Balaban J connectivity index is 1.84. The minimum atomic E-state index is -1.23. The summed E-state index contributed by atoms with van der Waals surface area (Å²) in [6.07, 6.45) is 1.03. The predicted octanol–water partition coefficient (Wildman–Crippen LogP) is 3.09. The number of carbonyl (C=O) groups excluding carboxylic acids is 4. The highest BCUT2D eigenvalue weighted by molar-refractivity contribution is 5.88. The zero-order valence-electron chi connectivity index (χ0n) is 21.8. The van der Waals surface area contributed by atoms with Gasteiger partial charge in [-0.05, 0) is 30.9 Å². The number of rotatable bonds is 16. The Morgan fingerprint density at radius 3 is 2.28 bits per heavy atom. The van der Waals surface area contributed by atoms with Crippen LogP contribution in [0.3, 0.4) is 0 Å². The molecule has 2 rings (SSSR count). The van der Waals surface area contributed by atoms with Gasteiger partial charge in [0.1, 0.15) is 12.6 Å². The van der Waals surface area contributed by atoms with E-state index in [4.69, 9.17) is 15.2 Å². The van der Waals surface area contributed by atoms with Gasteiger partial charge in [0.05, 0.1) is 18.0 Å². The van der Waals surface area contributed by atoms with E-state index in [9.17, 15) is 29.3 Å². The quantitative estimate of drug-likeness (QED) is 0.125. The smallest absolute Gasteiger partial charge is 0.407 e. The molecule has 0 aliphatic rings. The van der Waals surface area contributed by atoms with E-state index < -0.39 is 40.8 Å². The number of nitro groups is 1. The largest absolute Gasteiger partial charge is 0.466 e. The Bertz CT molecular complexity index is 1110. The van der Waals surface area contributed by atoms with Crippen molar-refractivity contribution in [1.82, 2.24) is 10.6 Å². The van der Waals surface area contributed by atoms with Crippen LogP contribution < -0.4 is 16.4 Å². The molecule has 210 valence electrons. The molecule has 0 bridgehead atoms. The summed E-state index contributed by atoms with van der Waals surface area (Å²) in [5, 5.41) is 16.2. The van der Waals surface area contributed by atoms with E-state index in [1.54, 1.807) is 6.92 Å². The molecule has 0 heterocycles. The van der Waals surface area contributed by atoms with Crippen LogP contribution in [0.2, 0.25) is 0 Å². The van der Waals surface area contributed by atoms with Gasteiger partial charge in [0, 0.05) is 31.0 Å². The van der Waals surface area contributed by atoms with Crippen LogP contribution in [0.5, 0.6) is 0 Å². The third kappa shape index (κ3) is 11.2. The Morgan fingerprint density at radius 1 is 0.974 bits per heavy atom. The Labute approximate surface area is 226 Å². The summed E-state index contributed by atoms with van der Waals surface area (Å²) in [4.78, 5) is 59.3. The molecule has 0 radical (unpaired) electrons. The number of benzene rings is 2. The fourth-order valence-electron chi connectivity index (χ4n) is 3.84. The Morgan fingerprint density at radius 2 is 1.67 bits per heavy atom. The van der Waals surface area contributed by atoms with Gasteiger partial charge in [0.2, 0.25) is 11.8 Å². The van der Waals surface area contributed by atoms with E-state index in [0.29, 0.717) is 31.4 Å². The third-order valence-electron chi connectivity index (χ3n) is 5.81. The number of ether oxygens (including phenoxy) is 2. The standard InChI is InChI=1S/C27H34N4O8/c1-2-38-24(33)17-22(20-12-14-21(15-13-20)31(36)37)25(26(28)34)30-23(32)11-7-4-8-16-29-27(35)39-18-19-9-5-3-6-10-19/h3,5-6,9-10,12-15,22,25H,2,4,7-8,11,16-18H2,1H3,(H2,28,34)(H,29,35)(H,30,32)/t22-,25+/m0/s1. The summed E-state index contributed by atoms with van der Waals surface area (Å²) in [5.41, 5.74) is 6.71. The lowest BCUT2D eigenvalue weighted by Crippen LogP contribution is -2.48. The molecular formula is C27H34N4O8. The average molecular weight is 543 g/mol. The first-order chi connectivity index (χ1) is 18.7. The van der Waals surface area contributed by atoms with E-state index in [0.717, 1.165) is 5.56 Å². The number of nitrogens with zero attached hydrogens (tertiary/aromatic N) is 1. The van der Waals surface area contributed by atoms with Gasteiger partial charge in [0.25, 0.3) is 5.69 Å². The zero-order valence-corrected chi connectivity index (χ0v) is 21.8. The lowest BCUT2D eigenvalue weighted by atomic mass is 9.87. The number of hydrogen-bond donors (Lipinski definition) is 3. The Hall–Kier alpha value is -4.48. The fraction of sp³-hybridized carbons (Fsp3) is 0.407. The van der Waals surface area contributed by atoms with Crippen LogP contribution in [0.1, 0.15) is 56.1 Å². The van der Waals surface area contributed by atoms with Gasteiger partial charge < -0.3 is 25.8 Å². The minimum absolute atomic E-state index is 0.0919. The van der Waals surface area contributed by atoms with E-state index in [1.165, 1.54) is 24.3 Å². The molecule has 2 aromatic carbocycles. The molecule has 2 aromatic rings. The number of nitro benzene ring substituents is 1. The summed E-state index contributed by atoms with van der Waals surface area (Å²) < 4.78 is 10.1. The topological polar surface area (TPSA) is 180 Å². The van der Waals surface area contributed by atoms with E-state index >= 15 is 0 Å². The minimum Gasteiger partial charge on any atom is -0.466 e. The van der Waals surface area contributed by atoms with Crippen molar-refractivity contribution in [3.05, 3.63) is 75.8 Å². The molecule has 0 aromatic heterocycles. The molecule has 4 N–H and O–H groups in total. The Kier molecular flexibility index (Phi) is 12.9. The van der Waals surface area contributed by atoms with E-state index in [-0.39, 0.29) is 31.7 Å². The van der Waals surface area contributed by atoms with Crippen molar-refractivity contribution < 1.29 is 33.6 Å². The molecular weight excluding hydrogens is 508 g/mol. The van der Waals surface area contributed by atoms with E-state index in [2.05, 4.69) is 10.6 Å². The summed E-state index contributed by atoms with van der Waals surface area (Å²) in [5.74, 6) is -2.77. The molecule has 12 heteroatoms. The van der Waals surface area contributed by atoms with Gasteiger partial charge in [-0.1, -0.05) is 48.9 Å². The maximum atomic E-state index is 12.6. The highest BCUT2D eigenvalue weighted by atomic mass is 16.6. The summed E-state index contributed by atoms with van der Waals surface area (Å²) >= 11 is 0. The summed E-state index contributed by atoms with van der Waals surface area (Å²) in [6.45, 7) is 2.31. The maximum absolute atomic E-state index is 12.6. The van der Waals surface area contributed by atoms with Crippen LogP contribution in [-0.2, 0) is 30.5 Å². The first-order valence-electron chi connectivity index (χ1n) is 12.6. The van der Waals surface area contributed by atoms with Crippen molar-refractivity contribution >= 4 is 29.6 Å². The van der Waals surface area contributed by atoms with Crippen molar-refractivity contribution in [2.24, 2.45) is 5.73 Å². The second kappa shape index (κ2) is 16.4. The molecule has 0 saturated carbocycles. The van der Waals surface area contributed by atoms with Crippen molar-refractivity contribution in [2.75, 3.05) is 13.2 Å². The van der Waals surface area contributed by atoms with Gasteiger partial charge in [-0.2, -0.15) is 0 Å². The molecule has 0 saturated heterocycles.